The number of aromatic nitrogens is 2. The lowest BCUT2D eigenvalue weighted by molar-refractivity contribution is 0.556. The molecule has 15 heavy (non-hydrogen) atoms. The molecule has 1 unspecified atom stereocenters. The fraction of sp³-hybridized carbons (Fsp3) is 0.636. The Balaban J connectivity index is 2.02. The van der Waals surface area contributed by atoms with Crippen LogP contribution in [0.1, 0.15) is 17.2 Å². The van der Waals surface area contributed by atoms with E-state index in [-0.39, 0.29) is 0 Å². The molecule has 0 spiro atoms. The summed E-state index contributed by atoms with van der Waals surface area (Å²) in [6, 6.07) is 2.67. The Hall–Kier alpha value is -0.610. The maximum Gasteiger partial charge on any atom is 0.125 e. The molecule has 0 radical (unpaired) electrons. The average Bonchev–Trinajstić information content (AvgIpc) is 2.17. The molecule has 0 saturated carbocycles. The highest BCUT2D eigenvalue weighted by atomic mass is 32.2. The number of thioether (sulfide) groups is 1. The van der Waals surface area contributed by atoms with Crippen molar-refractivity contribution < 1.29 is 0 Å². The van der Waals surface area contributed by atoms with Crippen molar-refractivity contribution in [3.05, 3.63) is 23.3 Å². The summed E-state index contributed by atoms with van der Waals surface area (Å²) in [5, 5.41) is 3.53. The van der Waals surface area contributed by atoms with Gasteiger partial charge in [0.2, 0.25) is 0 Å². The molecule has 2 heterocycles. The van der Waals surface area contributed by atoms with Crippen molar-refractivity contribution in [2.24, 2.45) is 0 Å². The Morgan fingerprint density at radius 2 is 2.33 bits per heavy atom. The molecule has 82 valence electrons. The summed E-state index contributed by atoms with van der Waals surface area (Å²) in [6.45, 7) is 5.11. The van der Waals surface area contributed by atoms with Crippen LogP contribution < -0.4 is 5.32 Å². The summed E-state index contributed by atoms with van der Waals surface area (Å²) in [6.07, 6.45) is 1.02. The zero-order valence-corrected chi connectivity index (χ0v) is 10.1. The Kier molecular flexibility index (Phi) is 3.59. The van der Waals surface area contributed by atoms with Crippen molar-refractivity contribution in [1.82, 2.24) is 15.3 Å². The highest BCUT2D eigenvalue weighted by molar-refractivity contribution is 7.99. The first kappa shape index (κ1) is 10.9. The second-order valence-electron chi connectivity index (χ2n) is 3.98. The van der Waals surface area contributed by atoms with Gasteiger partial charge in [0.25, 0.3) is 0 Å². The first-order valence-electron chi connectivity index (χ1n) is 5.36. The number of aryl methyl sites for hydroxylation is 2. The summed E-state index contributed by atoms with van der Waals surface area (Å²) in [5.74, 6) is 3.31. The van der Waals surface area contributed by atoms with Gasteiger partial charge < -0.3 is 5.32 Å². The van der Waals surface area contributed by atoms with Crippen LogP contribution in [-0.4, -0.2) is 34.1 Å². The van der Waals surface area contributed by atoms with Gasteiger partial charge >= 0.3 is 0 Å². The molecule has 1 N–H and O–H groups in total. The summed E-state index contributed by atoms with van der Waals surface area (Å²) in [7, 11) is 0. The second-order valence-corrected chi connectivity index (χ2v) is 5.13. The van der Waals surface area contributed by atoms with E-state index < -0.39 is 0 Å². The van der Waals surface area contributed by atoms with Crippen LogP contribution in [0.2, 0.25) is 0 Å². The summed E-state index contributed by atoms with van der Waals surface area (Å²) in [5.41, 5.74) is 2.24. The third kappa shape index (κ3) is 3.18. The molecule has 0 aliphatic carbocycles. The normalized spacial score (nSPS) is 21.6. The highest BCUT2D eigenvalue weighted by Gasteiger charge is 2.14. The smallest absolute Gasteiger partial charge is 0.125 e. The SMILES string of the molecule is Cc1cc(CC2CSCCN2)nc(C)n1. The van der Waals surface area contributed by atoms with Crippen LogP contribution in [0.3, 0.4) is 0 Å². The van der Waals surface area contributed by atoms with E-state index in [1.54, 1.807) is 0 Å². The van der Waals surface area contributed by atoms with Crippen molar-refractivity contribution in [2.75, 3.05) is 18.1 Å². The van der Waals surface area contributed by atoms with E-state index in [4.69, 9.17) is 0 Å². The van der Waals surface area contributed by atoms with Gasteiger partial charge in [0.15, 0.2) is 0 Å². The number of hydrogen-bond donors (Lipinski definition) is 1. The summed E-state index contributed by atoms with van der Waals surface area (Å²) in [4.78, 5) is 8.76. The van der Waals surface area contributed by atoms with E-state index in [0.29, 0.717) is 6.04 Å². The maximum atomic E-state index is 4.47. The number of rotatable bonds is 2. The minimum absolute atomic E-state index is 0.581. The monoisotopic (exact) mass is 223 g/mol. The number of nitrogens with one attached hydrogen (secondary N) is 1. The fourth-order valence-electron chi connectivity index (χ4n) is 1.90. The second kappa shape index (κ2) is 4.94. The molecule has 1 saturated heterocycles. The first-order valence-corrected chi connectivity index (χ1v) is 6.52. The van der Waals surface area contributed by atoms with Crippen LogP contribution in [0.25, 0.3) is 0 Å². The number of nitrogens with zero attached hydrogens (tertiary/aromatic N) is 2. The van der Waals surface area contributed by atoms with E-state index in [1.165, 1.54) is 17.2 Å². The van der Waals surface area contributed by atoms with Gasteiger partial charge in [-0.05, 0) is 19.9 Å². The lowest BCUT2D eigenvalue weighted by Crippen LogP contribution is -2.39. The predicted octanol–water partition coefficient (Wildman–Crippen LogP) is 1.34. The Morgan fingerprint density at radius 3 is 3.00 bits per heavy atom. The van der Waals surface area contributed by atoms with Gasteiger partial charge in [-0.15, -0.1) is 0 Å². The van der Waals surface area contributed by atoms with Crippen LogP contribution >= 0.6 is 11.8 Å². The minimum atomic E-state index is 0.581. The molecule has 1 fully saturated rings. The standard InChI is InChI=1S/C11H17N3S/c1-8-5-10(14-9(2)13-8)6-11-7-15-4-3-12-11/h5,11-12H,3-4,6-7H2,1-2H3. The van der Waals surface area contributed by atoms with Gasteiger partial charge in [0, 0.05) is 41.9 Å². The fourth-order valence-corrected chi connectivity index (χ4v) is 2.85. The number of hydrogen-bond acceptors (Lipinski definition) is 4. The lowest BCUT2D eigenvalue weighted by atomic mass is 10.1. The van der Waals surface area contributed by atoms with Gasteiger partial charge in [0.1, 0.15) is 5.82 Å². The van der Waals surface area contributed by atoms with Gasteiger partial charge in [-0.3, -0.25) is 0 Å². The Morgan fingerprint density at radius 1 is 1.47 bits per heavy atom. The maximum absolute atomic E-state index is 4.47. The molecule has 0 bridgehead atoms. The molecule has 1 aliphatic rings. The van der Waals surface area contributed by atoms with E-state index in [0.717, 1.165) is 24.5 Å². The van der Waals surface area contributed by atoms with Gasteiger partial charge in [0.05, 0.1) is 0 Å². The minimum Gasteiger partial charge on any atom is -0.312 e. The van der Waals surface area contributed by atoms with Crippen LogP contribution in [0.15, 0.2) is 6.07 Å². The van der Waals surface area contributed by atoms with Crippen LogP contribution in [0.4, 0.5) is 0 Å². The molecule has 3 nitrogen and oxygen atoms in total. The van der Waals surface area contributed by atoms with E-state index >= 15 is 0 Å². The van der Waals surface area contributed by atoms with Crippen molar-refractivity contribution >= 4 is 11.8 Å². The van der Waals surface area contributed by atoms with Gasteiger partial charge in [-0.1, -0.05) is 0 Å². The summed E-state index contributed by atoms with van der Waals surface area (Å²) >= 11 is 2.02. The molecule has 0 amide bonds. The lowest BCUT2D eigenvalue weighted by Gasteiger charge is -2.22. The zero-order chi connectivity index (χ0) is 10.7. The van der Waals surface area contributed by atoms with Crippen LogP contribution in [-0.2, 0) is 6.42 Å². The van der Waals surface area contributed by atoms with Gasteiger partial charge in [-0.25, -0.2) is 9.97 Å². The quantitative estimate of drug-likeness (QED) is 0.821. The third-order valence-electron chi connectivity index (χ3n) is 2.47. The molecule has 2 rings (SSSR count). The molecule has 1 atom stereocenters. The molecule has 1 aromatic rings. The first-order chi connectivity index (χ1) is 7.24. The van der Waals surface area contributed by atoms with Crippen molar-refractivity contribution in [3.8, 4) is 0 Å². The van der Waals surface area contributed by atoms with E-state index in [1.807, 2.05) is 25.6 Å². The van der Waals surface area contributed by atoms with Crippen molar-refractivity contribution in [1.29, 1.82) is 0 Å². The van der Waals surface area contributed by atoms with Crippen molar-refractivity contribution in [2.45, 2.75) is 26.3 Å². The Labute approximate surface area is 95.1 Å². The summed E-state index contributed by atoms with van der Waals surface area (Å²) < 4.78 is 0. The molecule has 1 aliphatic heterocycles. The highest BCUT2D eigenvalue weighted by Crippen LogP contribution is 2.12. The zero-order valence-electron chi connectivity index (χ0n) is 9.29. The molecular formula is C11H17N3S. The van der Waals surface area contributed by atoms with Crippen LogP contribution in [0.5, 0.6) is 0 Å². The molecule has 4 heteroatoms. The largest absolute Gasteiger partial charge is 0.312 e. The molecular weight excluding hydrogens is 206 g/mol. The van der Waals surface area contributed by atoms with E-state index in [2.05, 4.69) is 21.4 Å². The molecule has 0 aromatic carbocycles. The predicted molar refractivity (Wildman–Crippen MR) is 64.3 cm³/mol. The third-order valence-corrected chi connectivity index (χ3v) is 3.60. The average molecular weight is 223 g/mol. The Bertz CT molecular complexity index is 314. The van der Waals surface area contributed by atoms with Crippen molar-refractivity contribution in [3.63, 3.8) is 0 Å². The van der Waals surface area contributed by atoms with E-state index in [9.17, 15) is 0 Å². The molecule has 1 aromatic heterocycles. The van der Waals surface area contributed by atoms with Gasteiger partial charge in [-0.2, -0.15) is 11.8 Å². The van der Waals surface area contributed by atoms with Crippen LogP contribution in [0, 0.1) is 13.8 Å². The topological polar surface area (TPSA) is 37.8 Å².